The number of nitrogens with zero attached hydrogens (tertiary/aromatic N) is 1. The molecule has 3 heteroatoms. The van der Waals surface area contributed by atoms with E-state index >= 15 is 0 Å². The van der Waals surface area contributed by atoms with E-state index in [1.165, 1.54) is 37.8 Å². The van der Waals surface area contributed by atoms with Crippen LogP contribution in [0.2, 0.25) is 0 Å². The molecule has 1 unspecified atom stereocenters. The topological polar surface area (TPSA) is 28.4 Å². The second-order valence-corrected chi connectivity index (χ2v) is 6.56. The number of likely N-dealkylation sites (tertiary alicyclic amines) is 1. The zero-order chi connectivity index (χ0) is 14.4. The molecule has 1 N–H and O–H groups in total. The number of rotatable bonds is 6. The molecule has 2 heterocycles. The second kappa shape index (κ2) is 7.84. The number of hydrogen-bond acceptors (Lipinski definition) is 3. The van der Waals surface area contributed by atoms with Crippen LogP contribution >= 0.6 is 0 Å². The average Bonchev–Trinajstić information content (AvgIpc) is 2.73. The predicted octanol–water partition coefficient (Wildman–Crippen LogP) is 3.79. The fraction of sp³-hybridized carbons (Fsp3) is 0.765. The molecule has 0 saturated carbocycles. The molecular formula is C17H30N2O. The van der Waals surface area contributed by atoms with Gasteiger partial charge in [0.1, 0.15) is 5.76 Å². The Morgan fingerprint density at radius 1 is 1.35 bits per heavy atom. The molecule has 0 spiro atoms. The van der Waals surface area contributed by atoms with Gasteiger partial charge in [-0.05, 0) is 44.8 Å². The van der Waals surface area contributed by atoms with Crippen molar-refractivity contribution in [1.29, 1.82) is 0 Å². The van der Waals surface area contributed by atoms with Crippen molar-refractivity contribution in [2.24, 2.45) is 5.92 Å². The van der Waals surface area contributed by atoms with Gasteiger partial charge in [-0.1, -0.05) is 26.7 Å². The summed E-state index contributed by atoms with van der Waals surface area (Å²) in [6.45, 7) is 11.0. The third-order valence-electron chi connectivity index (χ3n) is 4.24. The molecule has 20 heavy (non-hydrogen) atoms. The van der Waals surface area contributed by atoms with Crippen LogP contribution in [-0.4, -0.2) is 24.0 Å². The van der Waals surface area contributed by atoms with Gasteiger partial charge in [0.25, 0.3) is 0 Å². The van der Waals surface area contributed by atoms with E-state index in [4.69, 9.17) is 4.42 Å². The van der Waals surface area contributed by atoms with Gasteiger partial charge in [0.15, 0.2) is 0 Å². The van der Waals surface area contributed by atoms with Crippen molar-refractivity contribution < 1.29 is 4.42 Å². The molecule has 1 aliphatic rings. The van der Waals surface area contributed by atoms with E-state index in [1.807, 2.05) is 6.26 Å². The lowest BCUT2D eigenvalue weighted by Crippen LogP contribution is -2.32. The van der Waals surface area contributed by atoms with Gasteiger partial charge in [-0.2, -0.15) is 0 Å². The Labute approximate surface area is 123 Å². The van der Waals surface area contributed by atoms with Gasteiger partial charge in [0, 0.05) is 18.2 Å². The van der Waals surface area contributed by atoms with E-state index in [1.54, 1.807) is 0 Å². The number of hydrogen-bond donors (Lipinski definition) is 1. The monoisotopic (exact) mass is 278 g/mol. The minimum atomic E-state index is 0.680. The van der Waals surface area contributed by atoms with Crippen LogP contribution in [0.25, 0.3) is 0 Å². The SMILES string of the molecule is CC(C)CNCc1occc1CN1CCCCCC1C. The first-order valence-corrected chi connectivity index (χ1v) is 8.17. The molecule has 1 aliphatic heterocycles. The van der Waals surface area contributed by atoms with E-state index < -0.39 is 0 Å². The molecule has 0 radical (unpaired) electrons. The van der Waals surface area contributed by atoms with Gasteiger partial charge in [0.05, 0.1) is 12.8 Å². The van der Waals surface area contributed by atoms with Crippen molar-refractivity contribution in [3.8, 4) is 0 Å². The van der Waals surface area contributed by atoms with Gasteiger partial charge >= 0.3 is 0 Å². The van der Waals surface area contributed by atoms with Gasteiger partial charge in [-0.3, -0.25) is 4.90 Å². The molecule has 0 amide bonds. The van der Waals surface area contributed by atoms with Crippen LogP contribution in [0.1, 0.15) is 57.8 Å². The summed E-state index contributed by atoms with van der Waals surface area (Å²) < 4.78 is 5.67. The molecule has 114 valence electrons. The lowest BCUT2D eigenvalue weighted by Gasteiger charge is -2.26. The first kappa shape index (κ1) is 15.6. The lowest BCUT2D eigenvalue weighted by atomic mass is 10.1. The Morgan fingerprint density at radius 3 is 3.00 bits per heavy atom. The molecule has 1 fully saturated rings. The molecule has 0 aromatic carbocycles. The normalized spacial score (nSPS) is 21.3. The third kappa shape index (κ3) is 4.64. The quantitative estimate of drug-likeness (QED) is 0.858. The van der Waals surface area contributed by atoms with Crippen molar-refractivity contribution in [2.75, 3.05) is 13.1 Å². The van der Waals surface area contributed by atoms with Crippen molar-refractivity contribution in [3.63, 3.8) is 0 Å². The highest BCUT2D eigenvalue weighted by Gasteiger charge is 2.19. The van der Waals surface area contributed by atoms with Crippen LogP contribution in [0.5, 0.6) is 0 Å². The van der Waals surface area contributed by atoms with Crippen molar-refractivity contribution >= 4 is 0 Å². The summed E-state index contributed by atoms with van der Waals surface area (Å²) in [6.07, 6.45) is 7.27. The summed E-state index contributed by atoms with van der Waals surface area (Å²) in [5.41, 5.74) is 1.36. The summed E-state index contributed by atoms with van der Waals surface area (Å²) in [5.74, 6) is 1.79. The maximum absolute atomic E-state index is 5.67. The Balaban J connectivity index is 1.90. The molecule has 1 saturated heterocycles. The van der Waals surface area contributed by atoms with Crippen LogP contribution in [0.3, 0.4) is 0 Å². The molecule has 1 atom stereocenters. The molecule has 1 aromatic rings. The van der Waals surface area contributed by atoms with Gasteiger partial charge < -0.3 is 9.73 Å². The lowest BCUT2D eigenvalue weighted by molar-refractivity contribution is 0.203. The largest absolute Gasteiger partial charge is 0.468 e. The molecule has 3 nitrogen and oxygen atoms in total. The van der Waals surface area contributed by atoms with Crippen molar-refractivity contribution in [3.05, 3.63) is 23.7 Å². The maximum Gasteiger partial charge on any atom is 0.122 e. The molecular weight excluding hydrogens is 248 g/mol. The molecule has 0 aliphatic carbocycles. The van der Waals surface area contributed by atoms with Crippen molar-refractivity contribution in [1.82, 2.24) is 10.2 Å². The zero-order valence-electron chi connectivity index (χ0n) is 13.3. The second-order valence-electron chi connectivity index (χ2n) is 6.56. The Hall–Kier alpha value is -0.800. The summed E-state index contributed by atoms with van der Waals surface area (Å²) in [5, 5.41) is 3.48. The fourth-order valence-electron chi connectivity index (χ4n) is 2.93. The highest BCUT2D eigenvalue weighted by Crippen LogP contribution is 2.21. The minimum Gasteiger partial charge on any atom is -0.468 e. The van der Waals surface area contributed by atoms with E-state index in [9.17, 15) is 0 Å². The van der Waals surface area contributed by atoms with Crippen LogP contribution < -0.4 is 5.32 Å². The maximum atomic E-state index is 5.67. The highest BCUT2D eigenvalue weighted by molar-refractivity contribution is 5.17. The van der Waals surface area contributed by atoms with Gasteiger partial charge in [0.2, 0.25) is 0 Å². The molecule has 0 bridgehead atoms. The highest BCUT2D eigenvalue weighted by atomic mass is 16.3. The van der Waals surface area contributed by atoms with Gasteiger partial charge in [-0.15, -0.1) is 0 Å². The average molecular weight is 278 g/mol. The summed E-state index contributed by atoms with van der Waals surface area (Å²) >= 11 is 0. The first-order valence-electron chi connectivity index (χ1n) is 8.17. The van der Waals surface area contributed by atoms with Crippen LogP contribution in [0.15, 0.2) is 16.7 Å². The van der Waals surface area contributed by atoms with Crippen LogP contribution in [0.4, 0.5) is 0 Å². The standard InChI is InChI=1S/C17H30N2O/c1-14(2)11-18-12-17-16(8-10-20-17)13-19-9-6-4-5-7-15(19)3/h8,10,14-15,18H,4-7,9,11-13H2,1-3H3. The van der Waals surface area contributed by atoms with Crippen LogP contribution in [-0.2, 0) is 13.1 Å². The predicted molar refractivity (Wildman–Crippen MR) is 83.6 cm³/mol. The first-order chi connectivity index (χ1) is 9.66. The van der Waals surface area contributed by atoms with E-state index in [-0.39, 0.29) is 0 Å². The molecule has 1 aromatic heterocycles. The Kier molecular flexibility index (Phi) is 6.11. The third-order valence-corrected chi connectivity index (χ3v) is 4.24. The van der Waals surface area contributed by atoms with E-state index in [0.717, 1.165) is 25.4 Å². The zero-order valence-corrected chi connectivity index (χ0v) is 13.3. The summed E-state index contributed by atoms with van der Waals surface area (Å²) in [7, 11) is 0. The van der Waals surface area contributed by atoms with Gasteiger partial charge in [-0.25, -0.2) is 0 Å². The smallest absolute Gasteiger partial charge is 0.122 e. The number of furan rings is 1. The minimum absolute atomic E-state index is 0.680. The number of nitrogens with one attached hydrogen (secondary N) is 1. The summed E-state index contributed by atoms with van der Waals surface area (Å²) in [6, 6.07) is 2.84. The summed E-state index contributed by atoms with van der Waals surface area (Å²) in [4.78, 5) is 2.61. The Morgan fingerprint density at radius 2 is 2.20 bits per heavy atom. The van der Waals surface area contributed by atoms with Crippen molar-refractivity contribution in [2.45, 2.75) is 65.6 Å². The van der Waals surface area contributed by atoms with Crippen LogP contribution in [0, 0.1) is 5.92 Å². The van der Waals surface area contributed by atoms with E-state index in [0.29, 0.717) is 12.0 Å². The van der Waals surface area contributed by atoms with E-state index in [2.05, 4.69) is 37.1 Å². The fourth-order valence-corrected chi connectivity index (χ4v) is 2.93. The Bertz CT molecular complexity index is 386. The molecule has 2 rings (SSSR count).